The number of hydrogen-bond donors (Lipinski definition) is 1. The van der Waals surface area contributed by atoms with Crippen LogP contribution >= 0.6 is 0 Å². The fourth-order valence-corrected chi connectivity index (χ4v) is 5.39. The molecule has 3 aromatic carbocycles. The van der Waals surface area contributed by atoms with Crippen LogP contribution in [0.4, 0.5) is 11.6 Å². The zero-order valence-corrected chi connectivity index (χ0v) is 19.1. The van der Waals surface area contributed by atoms with Crippen LogP contribution in [0.1, 0.15) is 18.4 Å². The molecule has 1 saturated heterocycles. The van der Waals surface area contributed by atoms with Gasteiger partial charge in [0.05, 0.1) is 15.9 Å². The summed E-state index contributed by atoms with van der Waals surface area (Å²) in [4.78, 5) is 11.8. The molecule has 0 bridgehead atoms. The van der Waals surface area contributed by atoms with Gasteiger partial charge in [-0.2, -0.15) is 0 Å². The maximum atomic E-state index is 13.0. The first kappa shape index (κ1) is 21.4. The average molecular weight is 459 g/mol. The van der Waals surface area contributed by atoms with Crippen molar-refractivity contribution in [2.45, 2.75) is 24.2 Å². The second-order valence-corrected chi connectivity index (χ2v) is 10.1. The standard InChI is InChI=1S/C26H26N4O2S/c31-33(32,22-11-5-2-6-12-22)29-25-26(28-24-14-8-7-13-23(24)27-25)30-17-15-21(16-18-30)19-20-9-3-1-4-10-20/h1-14,21H,15-19H2,(H,27,29). The molecular formula is C26H26N4O2S. The number of sulfonamides is 1. The van der Waals surface area contributed by atoms with Crippen LogP contribution in [-0.4, -0.2) is 31.5 Å². The molecule has 0 radical (unpaired) electrons. The van der Waals surface area contributed by atoms with Gasteiger partial charge in [-0.05, 0) is 55.0 Å². The van der Waals surface area contributed by atoms with Gasteiger partial charge in [0.25, 0.3) is 10.0 Å². The molecule has 0 amide bonds. The molecule has 0 spiro atoms. The summed E-state index contributed by atoms with van der Waals surface area (Å²) in [6.07, 6.45) is 3.11. The molecule has 0 aliphatic carbocycles. The zero-order chi connectivity index (χ0) is 22.7. The lowest BCUT2D eigenvalue weighted by molar-refractivity contribution is 0.402. The van der Waals surface area contributed by atoms with Crippen molar-refractivity contribution in [2.24, 2.45) is 5.92 Å². The van der Waals surface area contributed by atoms with Crippen LogP contribution in [0.15, 0.2) is 89.8 Å². The summed E-state index contributed by atoms with van der Waals surface area (Å²) in [5.74, 6) is 1.46. The van der Waals surface area contributed by atoms with Crippen molar-refractivity contribution in [2.75, 3.05) is 22.7 Å². The Kier molecular flexibility index (Phi) is 5.96. The van der Waals surface area contributed by atoms with Gasteiger partial charge in [0, 0.05) is 13.1 Å². The number of nitrogens with zero attached hydrogens (tertiary/aromatic N) is 3. The summed E-state index contributed by atoms with van der Waals surface area (Å²) in [6, 6.07) is 26.5. The van der Waals surface area contributed by atoms with E-state index >= 15 is 0 Å². The fourth-order valence-electron chi connectivity index (χ4n) is 4.36. The summed E-state index contributed by atoms with van der Waals surface area (Å²) in [6.45, 7) is 1.62. The molecule has 4 aromatic rings. The van der Waals surface area contributed by atoms with E-state index in [-0.39, 0.29) is 10.7 Å². The summed E-state index contributed by atoms with van der Waals surface area (Å²) >= 11 is 0. The normalized spacial score (nSPS) is 15.0. The Morgan fingerprint density at radius 2 is 1.36 bits per heavy atom. The number of aromatic nitrogens is 2. The molecular weight excluding hydrogens is 432 g/mol. The van der Waals surface area contributed by atoms with Gasteiger partial charge in [-0.25, -0.2) is 18.4 Å². The van der Waals surface area contributed by atoms with Crippen LogP contribution < -0.4 is 9.62 Å². The van der Waals surface area contributed by atoms with Crippen molar-refractivity contribution in [1.82, 2.24) is 9.97 Å². The second kappa shape index (κ2) is 9.19. The largest absolute Gasteiger partial charge is 0.353 e. The first-order chi connectivity index (χ1) is 16.1. The minimum Gasteiger partial charge on any atom is -0.353 e. The third-order valence-electron chi connectivity index (χ3n) is 6.12. The van der Waals surface area contributed by atoms with E-state index in [1.807, 2.05) is 30.3 Å². The van der Waals surface area contributed by atoms with E-state index < -0.39 is 10.0 Å². The molecule has 0 unspecified atom stereocenters. The highest BCUT2D eigenvalue weighted by Gasteiger charge is 2.26. The summed E-state index contributed by atoms with van der Waals surface area (Å²) < 4.78 is 28.8. The second-order valence-electron chi connectivity index (χ2n) is 8.42. The van der Waals surface area contributed by atoms with Gasteiger partial charge < -0.3 is 4.90 Å². The molecule has 0 atom stereocenters. The molecule has 6 nitrogen and oxygen atoms in total. The summed E-state index contributed by atoms with van der Waals surface area (Å²) in [5, 5.41) is 0. The molecule has 1 aliphatic rings. The quantitative estimate of drug-likeness (QED) is 0.445. The number of piperidine rings is 1. The summed E-state index contributed by atoms with van der Waals surface area (Å²) in [5.41, 5.74) is 2.77. The van der Waals surface area contributed by atoms with Crippen LogP contribution in [0.3, 0.4) is 0 Å². The van der Waals surface area contributed by atoms with E-state index in [2.05, 4.69) is 38.9 Å². The number of anilines is 2. The number of fused-ring (bicyclic) bond motifs is 1. The first-order valence-electron chi connectivity index (χ1n) is 11.2. The Morgan fingerprint density at radius 1 is 0.788 bits per heavy atom. The van der Waals surface area contributed by atoms with Crippen molar-refractivity contribution in [3.05, 3.63) is 90.5 Å². The van der Waals surface area contributed by atoms with Crippen molar-refractivity contribution in [3.8, 4) is 0 Å². The zero-order valence-electron chi connectivity index (χ0n) is 18.3. The Morgan fingerprint density at radius 3 is 2.03 bits per heavy atom. The van der Waals surface area contributed by atoms with E-state index in [0.29, 0.717) is 17.3 Å². The number of benzene rings is 3. The topological polar surface area (TPSA) is 75.2 Å². The van der Waals surface area contributed by atoms with Gasteiger partial charge in [-0.15, -0.1) is 0 Å². The van der Waals surface area contributed by atoms with Crippen LogP contribution in [0, 0.1) is 5.92 Å². The van der Waals surface area contributed by atoms with Crippen LogP contribution in [0.25, 0.3) is 11.0 Å². The van der Waals surface area contributed by atoms with Crippen molar-refractivity contribution < 1.29 is 8.42 Å². The maximum Gasteiger partial charge on any atom is 0.263 e. The lowest BCUT2D eigenvalue weighted by atomic mass is 9.90. The van der Waals surface area contributed by atoms with Crippen LogP contribution in [-0.2, 0) is 16.4 Å². The highest BCUT2D eigenvalue weighted by molar-refractivity contribution is 7.92. The number of rotatable bonds is 6. The van der Waals surface area contributed by atoms with E-state index in [0.717, 1.165) is 37.9 Å². The molecule has 33 heavy (non-hydrogen) atoms. The lowest BCUT2D eigenvalue weighted by Gasteiger charge is -2.33. The Hall–Kier alpha value is -3.45. The third kappa shape index (κ3) is 4.83. The first-order valence-corrected chi connectivity index (χ1v) is 12.7. The molecule has 2 heterocycles. The smallest absolute Gasteiger partial charge is 0.263 e. The van der Waals surface area contributed by atoms with Crippen molar-refractivity contribution in [1.29, 1.82) is 0 Å². The van der Waals surface area contributed by atoms with Gasteiger partial charge in [0.15, 0.2) is 11.6 Å². The van der Waals surface area contributed by atoms with Gasteiger partial charge in [0.2, 0.25) is 0 Å². The molecule has 1 N–H and O–H groups in total. The van der Waals surface area contributed by atoms with E-state index in [1.54, 1.807) is 30.3 Å². The third-order valence-corrected chi connectivity index (χ3v) is 7.47. The van der Waals surface area contributed by atoms with E-state index in [4.69, 9.17) is 4.98 Å². The monoisotopic (exact) mass is 458 g/mol. The van der Waals surface area contributed by atoms with Gasteiger partial charge in [0.1, 0.15) is 0 Å². The summed E-state index contributed by atoms with van der Waals surface area (Å²) in [7, 11) is -3.77. The number of nitrogens with one attached hydrogen (secondary N) is 1. The van der Waals surface area contributed by atoms with Crippen LogP contribution in [0.2, 0.25) is 0 Å². The maximum absolute atomic E-state index is 13.0. The molecule has 1 aromatic heterocycles. The Balaban J connectivity index is 1.41. The lowest BCUT2D eigenvalue weighted by Crippen LogP contribution is -2.35. The SMILES string of the molecule is O=S(=O)(Nc1nc2ccccc2nc1N1CCC(Cc2ccccc2)CC1)c1ccccc1. The number of hydrogen-bond acceptors (Lipinski definition) is 5. The predicted octanol–water partition coefficient (Wildman–Crippen LogP) is 4.89. The average Bonchev–Trinajstić information content (AvgIpc) is 2.85. The number of para-hydroxylation sites is 2. The minimum atomic E-state index is -3.77. The van der Waals surface area contributed by atoms with Crippen molar-refractivity contribution >= 4 is 32.7 Å². The van der Waals surface area contributed by atoms with Gasteiger partial charge in [-0.3, -0.25) is 4.72 Å². The highest BCUT2D eigenvalue weighted by Crippen LogP contribution is 2.31. The van der Waals surface area contributed by atoms with Gasteiger partial charge in [-0.1, -0.05) is 60.7 Å². The molecule has 1 aliphatic heterocycles. The van der Waals surface area contributed by atoms with E-state index in [9.17, 15) is 8.42 Å². The molecule has 7 heteroatoms. The molecule has 0 saturated carbocycles. The van der Waals surface area contributed by atoms with Gasteiger partial charge >= 0.3 is 0 Å². The van der Waals surface area contributed by atoms with E-state index in [1.165, 1.54) is 5.56 Å². The fraction of sp³-hybridized carbons (Fsp3) is 0.231. The van der Waals surface area contributed by atoms with Crippen molar-refractivity contribution in [3.63, 3.8) is 0 Å². The highest BCUT2D eigenvalue weighted by atomic mass is 32.2. The molecule has 1 fully saturated rings. The molecule has 5 rings (SSSR count). The Bertz CT molecular complexity index is 1340. The minimum absolute atomic E-state index is 0.201. The Labute approximate surface area is 194 Å². The predicted molar refractivity (Wildman–Crippen MR) is 132 cm³/mol. The van der Waals surface area contributed by atoms with Crippen LogP contribution in [0.5, 0.6) is 0 Å². The molecule has 168 valence electrons.